The number of alkyl halides is 2. The third-order valence-corrected chi connectivity index (χ3v) is 2.76. The molecule has 2 N–H and O–H groups in total. The van der Waals surface area contributed by atoms with Gasteiger partial charge in [-0.15, -0.1) is 0 Å². The van der Waals surface area contributed by atoms with Gasteiger partial charge in [-0.1, -0.05) is 25.6 Å². The fourth-order valence-electron chi connectivity index (χ4n) is 1.22. The molecule has 0 aromatic heterocycles. The molecular formula is C12H16F2N2OS. The highest BCUT2D eigenvalue weighted by Crippen LogP contribution is 2.26. The Balaban J connectivity index is 2.45. The summed E-state index contributed by atoms with van der Waals surface area (Å²) in [6.07, 6.45) is 0. The molecule has 1 aromatic carbocycles. The molecule has 0 unspecified atom stereocenters. The van der Waals surface area contributed by atoms with Crippen molar-refractivity contribution in [3.05, 3.63) is 24.3 Å². The number of carbonyl (C=O) groups is 1. The predicted octanol–water partition coefficient (Wildman–Crippen LogP) is 2.94. The van der Waals surface area contributed by atoms with Gasteiger partial charge in [0, 0.05) is 16.6 Å². The van der Waals surface area contributed by atoms with E-state index in [2.05, 4.69) is 10.6 Å². The summed E-state index contributed by atoms with van der Waals surface area (Å²) in [5.41, 5.74) is 0.601. The van der Waals surface area contributed by atoms with Gasteiger partial charge in [0.1, 0.15) is 0 Å². The lowest BCUT2D eigenvalue weighted by atomic mass is 10.3. The van der Waals surface area contributed by atoms with E-state index in [9.17, 15) is 13.6 Å². The molecule has 0 spiro atoms. The first-order valence-corrected chi connectivity index (χ1v) is 6.43. The summed E-state index contributed by atoms with van der Waals surface area (Å²) in [5.74, 6) is -2.58. The zero-order valence-corrected chi connectivity index (χ0v) is 11.1. The number of hydrogen-bond donors (Lipinski definition) is 2. The van der Waals surface area contributed by atoms with E-state index in [1.807, 2.05) is 13.8 Å². The summed E-state index contributed by atoms with van der Waals surface area (Å²) >= 11 is 0.482. The highest BCUT2D eigenvalue weighted by Gasteiger charge is 2.06. The third kappa shape index (κ3) is 5.97. The van der Waals surface area contributed by atoms with Crippen molar-refractivity contribution in [3.63, 3.8) is 0 Å². The predicted molar refractivity (Wildman–Crippen MR) is 70.1 cm³/mol. The van der Waals surface area contributed by atoms with Crippen LogP contribution in [0.15, 0.2) is 29.2 Å². The zero-order chi connectivity index (χ0) is 13.5. The SMILES string of the molecule is CC(C)NCC(=O)Nc1ccc(SC(F)F)cc1. The molecule has 0 heterocycles. The first-order valence-electron chi connectivity index (χ1n) is 5.55. The highest BCUT2D eigenvalue weighted by atomic mass is 32.2. The van der Waals surface area contributed by atoms with Crippen molar-refractivity contribution >= 4 is 23.4 Å². The number of benzene rings is 1. The lowest BCUT2D eigenvalue weighted by Crippen LogP contribution is -2.32. The first-order chi connectivity index (χ1) is 8.47. The maximum absolute atomic E-state index is 12.1. The maximum Gasteiger partial charge on any atom is 0.288 e. The number of hydrogen-bond acceptors (Lipinski definition) is 3. The number of rotatable bonds is 6. The van der Waals surface area contributed by atoms with E-state index in [0.29, 0.717) is 22.3 Å². The van der Waals surface area contributed by atoms with Gasteiger partial charge in [-0.25, -0.2) is 0 Å². The summed E-state index contributed by atoms with van der Waals surface area (Å²) in [5, 5.41) is 5.67. The van der Waals surface area contributed by atoms with Crippen molar-refractivity contribution in [1.29, 1.82) is 0 Å². The molecule has 0 bridgehead atoms. The van der Waals surface area contributed by atoms with Crippen LogP contribution in [0, 0.1) is 0 Å². The Morgan fingerprint density at radius 3 is 2.39 bits per heavy atom. The molecule has 0 aliphatic heterocycles. The Hall–Kier alpha value is -1.14. The number of nitrogens with one attached hydrogen (secondary N) is 2. The highest BCUT2D eigenvalue weighted by molar-refractivity contribution is 7.99. The van der Waals surface area contributed by atoms with Crippen LogP contribution >= 0.6 is 11.8 Å². The molecule has 0 atom stereocenters. The van der Waals surface area contributed by atoms with Crippen molar-refractivity contribution in [3.8, 4) is 0 Å². The maximum atomic E-state index is 12.1. The molecule has 0 fully saturated rings. The van der Waals surface area contributed by atoms with Crippen molar-refractivity contribution in [2.75, 3.05) is 11.9 Å². The Kier molecular flexibility index (Phi) is 6.07. The summed E-state index contributed by atoms with van der Waals surface area (Å²) in [6.45, 7) is 4.12. The Bertz CT molecular complexity index is 382. The van der Waals surface area contributed by atoms with Crippen LogP contribution in [0.5, 0.6) is 0 Å². The zero-order valence-electron chi connectivity index (χ0n) is 10.2. The number of carbonyl (C=O) groups excluding carboxylic acids is 1. The van der Waals surface area contributed by atoms with E-state index in [-0.39, 0.29) is 18.5 Å². The van der Waals surface area contributed by atoms with E-state index in [4.69, 9.17) is 0 Å². The summed E-state index contributed by atoms with van der Waals surface area (Å²) in [4.78, 5) is 12.0. The van der Waals surface area contributed by atoms with Gasteiger partial charge in [0.2, 0.25) is 5.91 Å². The largest absolute Gasteiger partial charge is 0.325 e. The van der Waals surface area contributed by atoms with Gasteiger partial charge in [0.15, 0.2) is 0 Å². The molecule has 0 radical (unpaired) electrons. The number of amides is 1. The molecule has 100 valence electrons. The van der Waals surface area contributed by atoms with Gasteiger partial charge in [0.05, 0.1) is 6.54 Å². The smallest absolute Gasteiger partial charge is 0.288 e. The monoisotopic (exact) mass is 274 g/mol. The van der Waals surface area contributed by atoms with Gasteiger partial charge >= 0.3 is 0 Å². The lowest BCUT2D eigenvalue weighted by molar-refractivity contribution is -0.115. The van der Waals surface area contributed by atoms with Crippen LogP contribution in [-0.4, -0.2) is 24.3 Å². The van der Waals surface area contributed by atoms with Gasteiger partial charge in [-0.2, -0.15) is 8.78 Å². The van der Waals surface area contributed by atoms with E-state index in [1.54, 1.807) is 24.3 Å². The van der Waals surface area contributed by atoms with Crippen molar-refractivity contribution in [2.24, 2.45) is 0 Å². The third-order valence-electron chi connectivity index (χ3n) is 2.03. The average molecular weight is 274 g/mol. The second-order valence-corrected chi connectivity index (χ2v) is 5.05. The van der Waals surface area contributed by atoms with Crippen molar-refractivity contribution in [1.82, 2.24) is 5.32 Å². The van der Waals surface area contributed by atoms with Crippen LogP contribution in [0.4, 0.5) is 14.5 Å². The second-order valence-electron chi connectivity index (χ2n) is 3.99. The van der Waals surface area contributed by atoms with Crippen LogP contribution in [0.25, 0.3) is 0 Å². The average Bonchev–Trinajstić information content (AvgIpc) is 2.28. The number of halogens is 2. The van der Waals surface area contributed by atoms with Gasteiger partial charge < -0.3 is 10.6 Å². The quantitative estimate of drug-likeness (QED) is 0.784. The molecule has 1 rings (SSSR count). The molecular weight excluding hydrogens is 258 g/mol. The Morgan fingerprint density at radius 2 is 1.89 bits per heavy atom. The Labute approximate surface area is 109 Å². The fourth-order valence-corrected chi connectivity index (χ4v) is 1.72. The number of anilines is 1. The molecule has 1 amide bonds. The van der Waals surface area contributed by atoms with E-state index < -0.39 is 5.76 Å². The van der Waals surface area contributed by atoms with E-state index in [0.717, 1.165) is 0 Å². The van der Waals surface area contributed by atoms with Gasteiger partial charge in [0.25, 0.3) is 5.76 Å². The Morgan fingerprint density at radius 1 is 1.28 bits per heavy atom. The minimum Gasteiger partial charge on any atom is -0.325 e. The fraction of sp³-hybridized carbons (Fsp3) is 0.417. The van der Waals surface area contributed by atoms with Gasteiger partial charge in [-0.3, -0.25) is 4.79 Å². The van der Waals surface area contributed by atoms with E-state index in [1.165, 1.54) is 0 Å². The van der Waals surface area contributed by atoms with Crippen molar-refractivity contribution in [2.45, 2.75) is 30.5 Å². The minimum absolute atomic E-state index is 0.155. The summed E-state index contributed by atoms with van der Waals surface area (Å²) in [6, 6.07) is 6.57. The number of thioether (sulfide) groups is 1. The first kappa shape index (κ1) is 14.9. The topological polar surface area (TPSA) is 41.1 Å². The van der Waals surface area contributed by atoms with Crippen LogP contribution in [0.2, 0.25) is 0 Å². The van der Waals surface area contributed by atoms with Gasteiger partial charge in [-0.05, 0) is 24.3 Å². The van der Waals surface area contributed by atoms with Crippen LogP contribution in [0.3, 0.4) is 0 Å². The molecule has 6 heteroatoms. The van der Waals surface area contributed by atoms with Crippen LogP contribution < -0.4 is 10.6 Å². The summed E-state index contributed by atoms with van der Waals surface area (Å²) in [7, 11) is 0. The molecule has 3 nitrogen and oxygen atoms in total. The molecule has 0 saturated heterocycles. The van der Waals surface area contributed by atoms with Crippen molar-refractivity contribution < 1.29 is 13.6 Å². The summed E-state index contributed by atoms with van der Waals surface area (Å²) < 4.78 is 24.2. The molecule has 0 aliphatic rings. The van der Waals surface area contributed by atoms with E-state index >= 15 is 0 Å². The minimum atomic E-state index is -2.43. The molecule has 0 aliphatic carbocycles. The molecule has 1 aromatic rings. The van der Waals surface area contributed by atoms with Crippen LogP contribution in [0.1, 0.15) is 13.8 Å². The lowest BCUT2D eigenvalue weighted by Gasteiger charge is -2.09. The second kappa shape index (κ2) is 7.33. The standard InChI is InChI=1S/C12H16F2N2OS/c1-8(2)15-7-11(17)16-9-3-5-10(6-4-9)18-12(13)14/h3-6,8,12,15H,7H2,1-2H3,(H,16,17). The molecule has 0 saturated carbocycles. The molecule has 18 heavy (non-hydrogen) atoms. The normalized spacial score (nSPS) is 11.0. The van der Waals surface area contributed by atoms with Crippen LogP contribution in [-0.2, 0) is 4.79 Å².